The zero-order chi connectivity index (χ0) is 8.43. The summed E-state index contributed by atoms with van der Waals surface area (Å²) in [5.74, 6) is -1.75. The van der Waals surface area contributed by atoms with Gasteiger partial charge in [-0.25, -0.2) is 9.78 Å². The highest BCUT2D eigenvalue weighted by Crippen LogP contribution is 2.06. The van der Waals surface area contributed by atoms with Gasteiger partial charge in [0.15, 0.2) is 0 Å². The van der Waals surface area contributed by atoms with E-state index in [-0.39, 0.29) is 5.56 Å². The molecule has 0 fully saturated rings. The molecule has 0 aliphatic heterocycles. The minimum absolute atomic E-state index is 0.0337. The van der Waals surface area contributed by atoms with Crippen LogP contribution in [0.5, 0.6) is 0 Å². The Kier molecular flexibility index (Phi) is 1.85. The quantitative estimate of drug-likeness (QED) is 0.620. The smallest absolute Gasteiger partial charge is 0.337 e. The van der Waals surface area contributed by atoms with Gasteiger partial charge in [-0.3, -0.25) is 0 Å². The fraction of sp³-hybridized carbons (Fsp3) is 0.143. The van der Waals surface area contributed by atoms with Gasteiger partial charge in [0.1, 0.15) is 0 Å². The van der Waals surface area contributed by atoms with Crippen molar-refractivity contribution in [3.8, 4) is 0 Å². The maximum Gasteiger partial charge on any atom is 0.337 e. The third-order valence-corrected chi connectivity index (χ3v) is 1.31. The van der Waals surface area contributed by atoms with Crippen LogP contribution in [0.15, 0.2) is 12.3 Å². The van der Waals surface area contributed by atoms with Crippen molar-refractivity contribution in [2.45, 2.75) is 6.92 Å². The number of carboxylic acid groups (broad SMARTS) is 1. The zero-order valence-corrected chi connectivity index (χ0v) is 5.84. The highest BCUT2D eigenvalue weighted by Gasteiger charge is 2.07. The fourth-order valence-corrected chi connectivity index (χ4v) is 0.746. The van der Waals surface area contributed by atoms with Crippen LogP contribution in [0.1, 0.15) is 15.9 Å². The zero-order valence-electron chi connectivity index (χ0n) is 5.84. The molecule has 58 valence electrons. The normalized spacial score (nSPS) is 9.64. The lowest BCUT2D eigenvalue weighted by molar-refractivity contribution is 0.0695. The van der Waals surface area contributed by atoms with Crippen molar-refractivity contribution in [2.75, 3.05) is 0 Å². The summed E-state index contributed by atoms with van der Waals surface area (Å²) in [6.07, 6.45) is 1.01. The van der Waals surface area contributed by atoms with Crippen LogP contribution in [0.3, 0.4) is 0 Å². The molecule has 0 aromatic carbocycles. The van der Waals surface area contributed by atoms with E-state index in [1.807, 2.05) is 0 Å². The van der Waals surface area contributed by atoms with E-state index in [1.54, 1.807) is 0 Å². The lowest BCUT2D eigenvalue weighted by atomic mass is 10.2. The van der Waals surface area contributed by atoms with Gasteiger partial charge in [-0.2, -0.15) is 4.39 Å². The van der Waals surface area contributed by atoms with Crippen molar-refractivity contribution >= 4 is 5.97 Å². The van der Waals surface area contributed by atoms with Gasteiger partial charge in [0.2, 0.25) is 5.95 Å². The summed E-state index contributed by atoms with van der Waals surface area (Å²) >= 11 is 0. The molecule has 0 saturated heterocycles. The van der Waals surface area contributed by atoms with Gasteiger partial charge in [-0.1, -0.05) is 0 Å². The molecule has 1 N–H and O–H groups in total. The molecule has 1 aromatic rings. The van der Waals surface area contributed by atoms with E-state index in [0.29, 0.717) is 5.56 Å². The Hall–Kier alpha value is -1.45. The molecule has 4 heteroatoms. The third-order valence-electron chi connectivity index (χ3n) is 1.31. The van der Waals surface area contributed by atoms with Crippen molar-refractivity contribution in [3.05, 3.63) is 29.3 Å². The predicted octanol–water partition coefficient (Wildman–Crippen LogP) is 1.23. The van der Waals surface area contributed by atoms with Crippen LogP contribution in [0.2, 0.25) is 0 Å². The Morgan fingerprint density at radius 1 is 1.73 bits per heavy atom. The van der Waals surface area contributed by atoms with Gasteiger partial charge >= 0.3 is 5.97 Å². The van der Waals surface area contributed by atoms with Crippen LogP contribution in [0, 0.1) is 12.9 Å². The molecule has 0 atom stereocenters. The van der Waals surface area contributed by atoms with Crippen LogP contribution in [0.25, 0.3) is 0 Å². The second kappa shape index (κ2) is 2.65. The number of nitrogens with zero attached hydrogens (tertiary/aromatic N) is 1. The topological polar surface area (TPSA) is 50.2 Å². The largest absolute Gasteiger partial charge is 0.478 e. The number of hydrogen-bond donors (Lipinski definition) is 1. The summed E-state index contributed by atoms with van der Waals surface area (Å²) in [7, 11) is 0. The minimum Gasteiger partial charge on any atom is -0.478 e. The van der Waals surface area contributed by atoms with E-state index in [4.69, 9.17) is 5.11 Å². The highest BCUT2D eigenvalue weighted by molar-refractivity contribution is 5.88. The Bertz CT molecular complexity index is 298. The molecule has 3 nitrogen and oxygen atoms in total. The summed E-state index contributed by atoms with van der Waals surface area (Å²) in [4.78, 5) is 13.6. The van der Waals surface area contributed by atoms with E-state index >= 15 is 0 Å². The summed E-state index contributed by atoms with van der Waals surface area (Å²) in [6, 6.07) is 1.09. The molecule has 0 amide bonds. The molecule has 0 unspecified atom stereocenters. The second-order valence-corrected chi connectivity index (χ2v) is 2.13. The second-order valence-electron chi connectivity index (χ2n) is 2.13. The first-order valence-corrected chi connectivity index (χ1v) is 2.96. The standard InChI is InChI=1S/C7H6FNO2/c1-4-2-6(8)9-3-5(4)7(10)11/h2-3H,1H3,(H,10,11). The van der Waals surface area contributed by atoms with E-state index in [2.05, 4.69) is 4.98 Å². The number of carboxylic acids is 1. The summed E-state index contributed by atoms with van der Waals surface area (Å²) in [5, 5.41) is 8.49. The SMILES string of the molecule is Cc1cc(F)ncc1C(=O)O. The van der Waals surface area contributed by atoms with Crippen molar-refractivity contribution in [3.63, 3.8) is 0 Å². The van der Waals surface area contributed by atoms with E-state index in [9.17, 15) is 9.18 Å². The predicted molar refractivity (Wildman–Crippen MR) is 35.9 cm³/mol. The molecule has 1 aromatic heterocycles. The van der Waals surface area contributed by atoms with Crippen LogP contribution < -0.4 is 0 Å². The van der Waals surface area contributed by atoms with Gasteiger partial charge in [-0.15, -0.1) is 0 Å². The lowest BCUT2D eigenvalue weighted by Crippen LogP contribution is -2.01. The molecule has 0 aliphatic rings. The molecular formula is C7H6FNO2. The average Bonchev–Trinajstić information content (AvgIpc) is 1.85. The molecular weight excluding hydrogens is 149 g/mol. The number of aromatic nitrogens is 1. The van der Waals surface area contributed by atoms with E-state index < -0.39 is 11.9 Å². The first-order valence-electron chi connectivity index (χ1n) is 2.96. The number of pyridine rings is 1. The summed E-state index contributed by atoms with van der Waals surface area (Å²) in [5.41, 5.74) is 0.413. The third kappa shape index (κ3) is 1.52. The van der Waals surface area contributed by atoms with Crippen molar-refractivity contribution in [2.24, 2.45) is 0 Å². The summed E-state index contributed by atoms with van der Waals surface area (Å²) < 4.78 is 12.3. The molecule has 1 rings (SSSR count). The first-order chi connectivity index (χ1) is 5.11. The monoisotopic (exact) mass is 155 g/mol. The van der Waals surface area contributed by atoms with E-state index in [1.165, 1.54) is 6.92 Å². The van der Waals surface area contributed by atoms with Crippen LogP contribution in [-0.4, -0.2) is 16.1 Å². The molecule has 11 heavy (non-hydrogen) atoms. The minimum atomic E-state index is -1.09. The van der Waals surface area contributed by atoms with Crippen molar-refractivity contribution in [1.82, 2.24) is 4.98 Å². The van der Waals surface area contributed by atoms with Crippen LogP contribution in [0.4, 0.5) is 4.39 Å². The molecule has 1 heterocycles. The summed E-state index contributed by atoms with van der Waals surface area (Å²) in [6.45, 7) is 1.52. The number of halogens is 1. The van der Waals surface area contributed by atoms with Gasteiger partial charge in [-0.05, 0) is 18.6 Å². The molecule has 0 aliphatic carbocycles. The first kappa shape index (κ1) is 7.65. The molecule has 0 saturated carbocycles. The van der Waals surface area contributed by atoms with Gasteiger partial charge < -0.3 is 5.11 Å². The van der Waals surface area contributed by atoms with Gasteiger partial charge in [0, 0.05) is 6.20 Å². The molecule has 0 bridgehead atoms. The van der Waals surface area contributed by atoms with Crippen molar-refractivity contribution in [1.29, 1.82) is 0 Å². The van der Waals surface area contributed by atoms with Gasteiger partial charge in [0.05, 0.1) is 5.56 Å². The molecule has 0 spiro atoms. The Morgan fingerprint density at radius 2 is 2.36 bits per heavy atom. The Balaban J connectivity index is 3.20. The average molecular weight is 155 g/mol. The number of carbonyl (C=O) groups is 1. The number of aromatic carboxylic acids is 1. The van der Waals surface area contributed by atoms with Crippen LogP contribution >= 0.6 is 0 Å². The van der Waals surface area contributed by atoms with E-state index in [0.717, 1.165) is 12.3 Å². The maximum atomic E-state index is 12.3. The number of hydrogen-bond acceptors (Lipinski definition) is 2. The number of rotatable bonds is 1. The van der Waals surface area contributed by atoms with Gasteiger partial charge in [0.25, 0.3) is 0 Å². The highest BCUT2D eigenvalue weighted by atomic mass is 19.1. The lowest BCUT2D eigenvalue weighted by Gasteiger charge is -1.97. The molecule has 0 radical (unpaired) electrons. The maximum absolute atomic E-state index is 12.3. The Labute approximate surface area is 62.5 Å². The fourth-order valence-electron chi connectivity index (χ4n) is 0.746. The number of aryl methyl sites for hydroxylation is 1. The Morgan fingerprint density at radius 3 is 2.82 bits per heavy atom. The van der Waals surface area contributed by atoms with Crippen LogP contribution in [-0.2, 0) is 0 Å². The van der Waals surface area contributed by atoms with Crippen molar-refractivity contribution < 1.29 is 14.3 Å².